The SMILES string of the molecule is Fc1cc(F)c(NCCOC(F)(F)F)c(F)c1. The van der Waals surface area contributed by atoms with Crippen LogP contribution in [-0.2, 0) is 4.74 Å². The van der Waals surface area contributed by atoms with Crippen molar-refractivity contribution >= 4 is 5.69 Å². The molecule has 0 aliphatic rings. The first kappa shape index (κ1) is 13.6. The maximum absolute atomic E-state index is 13.0. The highest BCUT2D eigenvalue weighted by molar-refractivity contribution is 5.46. The third kappa shape index (κ3) is 4.51. The standard InChI is InChI=1S/C9H7F6NO/c10-5-3-6(11)8(7(12)4-5)16-1-2-17-9(13,14)15/h3-4,16H,1-2H2. The Morgan fingerprint density at radius 1 is 1.06 bits per heavy atom. The Hall–Kier alpha value is -1.44. The zero-order valence-corrected chi connectivity index (χ0v) is 8.24. The molecule has 0 amide bonds. The molecule has 1 aromatic carbocycles. The van der Waals surface area contributed by atoms with Crippen LogP contribution in [0.25, 0.3) is 0 Å². The molecule has 0 radical (unpaired) electrons. The van der Waals surface area contributed by atoms with Gasteiger partial charge in [-0.25, -0.2) is 13.2 Å². The number of hydrogen-bond donors (Lipinski definition) is 1. The van der Waals surface area contributed by atoms with E-state index in [9.17, 15) is 26.3 Å². The van der Waals surface area contributed by atoms with Crippen molar-refractivity contribution in [3.05, 3.63) is 29.6 Å². The summed E-state index contributed by atoms with van der Waals surface area (Å²) in [5.74, 6) is -3.57. The highest BCUT2D eigenvalue weighted by atomic mass is 19.4. The van der Waals surface area contributed by atoms with Crippen LogP contribution in [0.3, 0.4) is 0 Å². The second kappa shape index (κ2) is 5.26. The number of benzene rings is 1. The molecule has 0 aliphatic carbocycles. The van der Waals surface area contributed by atoms with Gasteiger partial charge in [0.05, 0.1) is 6.61 Å². The van der Waals surface area contributed by atoms with E-state index >= 15 is 0 Å². The molecular weight excluding hydrogens is 252 g/mol. The van der Waals surface area contributed by atoms with Gasteiger partial charge in [0.2, 0.25) is 0 Å². The molecular formula is C9H7F6NO. The van der Waals surface area contributed by atoms with Gasteiger partial charge in [-0.05, 0) is 0 Å². The molecule has 1 N–H and O–H groups in total. The fourth-order valence-electron chi connectivity index (χ4n) is 1.05. The molecule has 0 saturated heterocycles. The maximum atomic E-state index is 13.0. The summed E-state index contributed by atoms with van der Waals surface area (Å²) in [6.07, 6.45) is -4.80. The number of ether oxygens (including phenoxy) is 1. The Morgan fingerprint density at radius 2 is 1.59 bits per heavy atom. The second-order valence-electron chi connectivity index (χ2n) is 2.97. The molecule has 17 heavy (non-hydrogen) atoms. The van der Waals surface area contributed by atoms with Gasteiger partial charge in [0.25, 0.3) is 0 Å². The molecule has 1 aromatic rings. The van der Waals surface area contributed by atoms with Crippen LogP contribution in [-0.4, -0.2) is 19.5 Å². The van der Waals surface area contributed by atoms with Crippen molar-refractivity contribution in [3.8, 4) is 0 Å². The van der Waals surface area contributed by atoms with Crippen molar-refractivity contribution in [1.82, 2.24) is 0 Å². The lowest BCUT2D eigenvalue weighted by Gasteiger charge is -2.10. The molecule has 0 bridgehead atoms. The van der Waals surface area contributed by atoms with Crippen molar-refractivity contribution in [3.63, 3.8) is 0 Å². The average Bonchev–Trinajstić information content (AvgIpc) is 2.13. The van der Waals surface area contributed by atoms with Gasteiger partial charge < -0.3 is 5.32 Å². The quantitative estimate of drug-likeness (QED) is 0.662. The summed E-state index contributed by atoms with van der Waals surface area (Å²) >= 11 is 0. The van der Waals surface area contributed by atoms with E-state index in [1.54, 1.807) is 0 Å². The van der Waals surface area contributed by atoms with Crippen LogP contribution < -0.4 is 5.32 Å². The van der Waals surface area contributed by atoms with Crippen LogP contribution >= 0.6 is 0 Å². The maximum Gasteiger partial charge on any atom is 0.522 e. The Balaban J connectivity index is 2.53. The lowest BCUT2D eigenvalue weighted by molar-refractivity contribution is -0.322. The highest BCUT2D eigenvalue weighted by Crippen LogP contribution is 2.20. The van der Waals surface area contributed by atoms with Crippen molar-refractivity contribution < 1.29 is 31.1 Å². The van der Waals surface area contributed by atoms with Crippen LogP contribution in [0.4, 0.5) is 32.0 Å². The van der Waals surface area contributed by atoms with Crippen LogP contribution in [0.1, 0.15) is 0 Å². The lowest BCUT2D eigenvalue weighted by Crippen LogP contribution is -2.19. The molecule has 96 valence electrons. The van der Waals surface area contributed by atoms with E-state index in [1.807, 2.05) is 5.32 Å². The van der Waals surface area contributed by atoms with Crippen LogP contribution in [0.5, 0.6) is 0 Å². The first-order chi connectivity index (χ1) is 7.79. The van der Waals surface area contributed by atoms with E-state index in [-0.39, 0.29) is 0 Å². The van der Waals surface area contributed by atoms with Gasteiger partial charge in [-0.15, -0.1) is 13.2 Å². The van der Waals surface area contributed by atoms with Crippen LogP contribution in [0.2, 0.25) is 0 Å². The van der Waals surface area contributed by atoms with E-state index < -0.39 is 42.7 Å². The molecule has 1 rings (SSSR count). The van der Waals surface area contributed by atoms with E-state index in [2.05, 4.69) is 4.74 Å². The van der Waals surface area contributed by atoms with E-state index in [0.29, 0.717) is 12.1 Å². The van der Waals surface area contributed by atoms with E-state index in [0.717, 1.165) is 0 Å². The first-order valence-electron chi connectivity index (χ1n) is 4.38. The predicted molar refractivity (Wildman–Crippen MR) is 46.8 cm³/mol. The van der Waals surface area contributed by atoms with E-state index in [4.69, 9.17) is 0 Å². The third-order valence-corrected chi connectivity index (χ3v) is 1.68. The number of halogens is 6. The Morgan fingerprint density at radius 3 is 2.06 bits per heavy atom. The minimum atomic E-state index is -4.80. The minimum absolute atomic E-state index is 0.413. The monoisotopic (exact) mass is 259 g/mol. The molecule has 0 aromatic heterocycles. The van der Waals surface area contributed by atoms with Crippen LogP contribution in [0, 0.1) is 17.5 Å². The summed E-state index contributed by atoms with van der Waals surface area (Å²) in [5, 5.41) is 2.04. The fourth-order valence-corrected chi connectivity index (χ4v) is 1.05. The van der Waals surface area contributed by atoms with Gasteiger partial charge in [-0.1, -0.05) is 0 Å². The molecule has 2 nitrogen and oxygen atoms in total. The summed E-state index contributed by atoms with van der Waals surface area (Å²) in [7, 11) is 0. The van der Waals surface area contributed by atoms with Crippen molar-refractivity contribution in [2.24, 2.45) is 0 Å². The summed E-state index contributed by atoms with van der Waals surface area (Å²) in [6.45, 7) is -1.29. The van der Waals surface area contributed by atoms with Crippen LogP contribution in [0.15, 0.2) is 12.1 Å². The minimum Gasteiger partial charge on any atom is -0.378 e. The molecule has 0 spiro atoms. The Kier molecular flexibility index (Phi) is 4.22. The molecule has 0 aliphatic heterocycles. The normalized spacial score (nSPS) is 11.6. The number of nitrogens with one attached hydrogen (secondary N) is 1. The molecule has 8 heteroatoms. The number of hydrogen-bond acceptors (Lipinski definition) is 2. The molecule has 0 fully saturated rings. The van der Waals surface area contributed by atoms with Gasteiger partial charge >= 0.3 is 6.36 Å². The molecule has 0 unspecified atom stereocenters. The number of anilines is 1. The van der Waals surface area contributed by atoms with Crippen molar-refractivity contribution in [2.75, 3.05) is 18.5 Å². The predicted octanol–water partition coefficient (Wildman–Crippen LogP) is 3.05. The molecule has 0 saturated carbocycles. The summed E-state index contributed by atoms with van der Waals surface area (Å²) in [5.41, 5.74) is -0.697. The first-order valence-corrected chi connectivity index (χ1v) is 4.38. The summed E-state index contributed by atoms with van der Waals surface area (Å²) in [6, 6.07) is 0.825. The Bertz CT molecular complexity index is 369. The van der Waals surface area contributed by atoms with Crippen molar-refractivity contribution in [1.29, 1.82) is 0 Å². The summed E-state index contributed by atoms with van der Waals surface area (Å²) in [4.78, 5) is 0. The van der Waals surface area contributed by atoms with Gasteiger partial charge in [0, 0.05) is 18.7 Å². The van der Waals surface area contributed by atoms with Gasteiger partial charge in [-0.3, -0.25) is 4.74 Å². The summed E-state index contributed by atoms with van der Waals surface area (Å²) < 4.78 is 76.4. The van der Waals surface area contributed by atoms with Gasteiger partial charge in [-0.2, -0.15) is 0 Å². The Labute approximate surface area is 92.2 Å². The largest absolute Gasteiger partial charge is 0.522 e. The topological polar surface area (TPSA) is 21.3 Å². The zero-order valence-electron chi connectivity index (χ0n) is 8.24. The van der Waals surface area contributed by atoms with E-state index in [1.165, 1.54) is 0 Å². The third-order valence-electron chi connectivity index (χ3n) is 1.68. The number of rotatable bonds is 4. The molecule has 0 atom stereocenters. The van der Waals surface area contributed by atoms with Gasteiger partial charge in [0.15, 0.2) is 11.6 Å². The highest BCUT2D eigenvalue weighted by Gasteiger charge is 2.28. The average molecular weight is 259 g/mol. The van der Waals surface area contributed by atoms with Crippen molar-refractivity contribution in [2.45, 2.75) is 6.36 Å². The fraction of sp³-hybridized carbons (Fsp3) is 0.333. The smallest absolute Gasteiger partial charge is 0.378 e. The second-order valence-corrected chi connectivity index (χ2v) is 2.97. The zero-order chi connectivity index (χ0) is 13.1. The molecule has 0 heterocycles. The number of alkyl halides is 3. The van der Waals surface area contributed by atoms with Gasteiger partial charge in [0.1, 0.15) is 11.5 Å². The lowest BCUT2D eigenvalue weighted by atomic mass is 10.3.